The molecular weight excluding hydrogens is 256 g/mol. The summed E-state index contributed by atoms with van der Waals surface area (Å²) in [4.78, 5) is 23.5. The molecule has 1 aromatic carbocycles. The SMILES string of the molecule is CCC(C)(CO)NC(=O)CCNC(=O)c1ccccc1. The zero-order valence-electron chi connectivity index (χ0n) is 12.0. The predicted molar refractivity (Wildman–Crippen MR) is 77.3 cm³/mol. The first-order valence-electron chi connectivity index (χ1n) is 6.76. The van der Waals surface area contributed by atoms with Crippen LogP contribution in [0.25, 0.3) is 0 Å². The molecule has 5 nitrogen and oxygen atoms in total. The molecule has 0 aliphatic carbocycles. The van der Waals surface area contributed by atoms with Crippen LogP contribution in [-0.2, 0) is 4.79 Å². The van der Waals surface area contributed by atoms with Crippen molar-refractivity contribution in [1.82, 2.24) is 10.6 Å². The molecule has 0 fully saturated rings. The van der Waals surface area contributed by atoms with Gasteiger partial charge in [0, 0.05) is 18.5 Å². The van der Waals surface area contributed by atoms with Gasteiger partial charge in [-0.1, -0.05) is 25.1 Å². The average Bonchev–Trinajstić information content (AvgIpc) is 2.47. The number of carbonyl (C=O) groups excluding carboxylic acids is 2. The molecule has 5 heteroatoms. The average molecular weight is 278 g/mol. The van der Waals surface area contributed by atoms with Gasteiger partial charge in [-0.3, -0.25) is 9.59 Å². The summed E-state index contributed by atoms with van der Waals surface area (Å²) in [6, 6.07) is 8.85. The van der Waals surface area contributed by atoms with Gasteiger partial charge in [0.25, 0.3) is 5.91 Å². The van der Waals surface area contributed by atoms with Crippen LogP contribution < -0.4 is 10.6 Å². The molecule has 2 amide bonds. The molecule has 0 aliphatic heterocycles. The third-order valence-corrected chi connectivity index (χ3v) is 3.24. The molecule has 1 aromatic rings. The second-order valence-corrected chi connectivity index (χ2v) is 4.99. The Bertz CT molecular complexity index is 442. The zero-order chi connectivity index (χ0) is 15.0. The Morgan fingerprint density at radius 3 is 2.45 bits per heavy atom. The highest BCUT2D eigenvalue weighted by Gasteiger charge is 2.22. The molecule has 110 valence electrons. The Morgan fingerprint density at radius 2 is 1.90 bits per heavy atom. The largest absolute Gasteiger partial charge is 0.394 e. The molecule has 3 N–H and O–H groups in total. The van der Waals surface area contributed by atoms with Crippen molar-refractivity contribution in [3.05, 3.63) is 35.9 Å². The summed E-state index contributed by atoms with van der Waals surface area (Å²) >= 11 is 0. The molecule has 1 atom stereocenters. The van der Waals surface area contributed by atoms with Crippen molar-refractivity contribution in [2.24, 2.45) is 0 Å². The van der Waals surface area contributed by atoms with Crippen molar-refractivity contribution in [3.63, 3.8) is 0 Å². The monoisotopic (exact) mass is 278 g/mol. The summed E-state index contributed by atoms with van der Waals surface area (Å²) in [6.45, 7) is 3.84. The summed E-state index contributed by atoms with van der Waals surface area (Å²) < 4.78 is 0. The van der Waals surface area contributed by atoms with E-state index in [0.717, 1.165) is 0 Å². The topological polar surface area (TPSA) is 78.4 Å². The Morgan fingerprint density at radius 1 is 1.25 bits per heavy atom. The van der Waals surface area contributed by atoms with E-state index in [9.17, 15) is 14.7 Å². The number of amides is 2. The summed E-state index contributed by atoms with van der Waals surface area (Å²) in [5, 5.41) is 14.7. The van der Waals surface area contributed by atoms with Gasteiger partial charge in [-0.2, -0.15) is 0 Å². The molecule has 0 aromatic heterocycles. The van der Waals surface area contributed by atoms with Crippen molar-refractivity contribution in [3.8, 4) is 0 Å². The van der Waals surface area contributed by atoms with Gasteiger partial charge in [-0.25, -0.2) is 0 Å². The second-order valence-electron chi connectivity index (χ2n) is 4.99. The fourth-order valence-corrected chi connectivity index (χ4v) is 1.62. The molecule has 0 spiro atoms. The van der Waals surface area contributed by atoms with Crippen LogP contribution in [0.15, 0.2) is 30.3 Å². The maximum absolute atomic E-state index is 11.7. The number of aliphatic hydroxyl groups excluding tert-OH is 1. The van der Waals surface area contributed by atoms with E-state index in [4.69, 9.17) is 0 Å². The van der Waals surface area contributed by atoms with Gasteiger partial charge in [-0.05, 0) is 25.5 Å². The summed E-state index contributed by atoms with van der Waals surface area (Å²) in [7, 11) is 0. The molecule has 0 bridgehead atoms. The molecule has 1 rings (SSSR count). The van der Waals surface area contributed by atoms with Crippen LogP contribution in [-0.4, -0.2) is 35.6 Å². The summed E-state index contributed by atoms with van der Waals surface area (Å²) in [6.07, 6.45) is 0.833. The smallest absolute Gasteiger partial charge is 0.251 e. The van der Waals surface area contributed by atoms with Crippen LogP contribution in [0, 0.1) is 0 Å². The van der Waals surface area contributed by atoms with Crippen molar-refractivity contribution in [1.29, 1.82) is 0 Å². The highest BCUT2D eigenvalue weighted by Crippen LogP contribution is 2.07. The number of benzene rings is 1. The van der Waals surface area contributed by atoms with Gasteiger partial charge in [0.1, 0.15) is 0 Å². The number of aliphatic hydroxyl groups is 1. The molecule has 0 aliphatic rings. The van der Waals surface area contributed by atoms with Crippen LogP contribution in [0.2, 0.25) is 0 Å². The number of carbonyl (C=O) groups is 2. The van der Waals surface area contributed by atoms with Gasteiger partial charge < -0.3 is 15.7 Å². The number of nitrogens with one attached hydrogen (secondary N) is 2. The number of hydrogen-bond donors (Lipinski definition) is 3. The van der Waals surface area contributed by atoms with E-state index < -0.39 is 5.54 Å². The van der Waals surface area contributed by atoms with Crippen molar-refractivity contribution >= 4 is 11.8 Å². The van der Waals surface area contributed by atoms with Crippen molar-refractivity contribution < 1.29 is 14.7 Å². The molecule has 20 heavy (non-hydrogen) atoms. The van der Waals surface area contributed by atoms with E-state index in [1.165, 1.54) is 0 Å². The third-order valence-electron chi connectivity index (χ3n) is 3.24. The fourth-order valence-electron chi connectivity index (χ4n) is 1.62. The van der Waals surface area contributed by atoms with Crippen LogP contribution in [0.4, 0.5) is 0 Å². The minimum atomic E-state index is -0.597. The summed E-state index contributed by atoms with van der Waals surface area (Å²) in [5.74, 6) is -0.379. The first-order chi connectivity index (χ1) is 9.50. The normalized spacial score (nSPS) is 13.3. The first-order valence-corrected chi connectivity index (χ1v) is 6.76. The third kappa shape index (κ3) is 5.01. The minimum absolute atomic E-state index is 0.106. The van der Waals surface area contributed by atoms with E-state index in [2.05, 4.69) is 10.6 Å². The molecule has 1 unspecified atom stereocenters. The molecule has 0 saturated heterocycles. The lowest BCUT2D eigenvalue weighted by Crippen LogP contribution is -2.49. The zero-order valence-corrected chi connectivity index (χ0v) is 12.0. The highest BCUT2D eigenvalue weighted by atomic mass is 16.3. The Labute approximate surface area is 119 Å². The highest BCUT2D eigenvalue weighted by molar-refractivity contribution is 5.94. The summed E-state index contributed by atoms with van der Waals surface area (Å²) in [5.41, 5.74) is -0.0257. The van der Waals surface area contributed by atoms with Crippen LogP contribution in [0.1, 0.15) is 37.0 Å². The lowest BCUT2D eigenvalue weighted by Gasteiger charge is -2.27. The van der Waals surface area contributed by atoms with Crippen molar-refractivity contribution in [2.45, 2.75) is 32.2 Å². The standard InChI is InChI=1S/C15H22N2O3/c1-3-15(2,11-18)17-13(19)9-10-16-14(20)12-7-5-4-6-8-12/h4-8,18H,3,9-11H2,1-2H3,(H,16,20)(H,17,19). The maximum atomic E-state index is 11.7. The van der Waals surface area contributed by atoms with Crippen LogP contribution in [0.5, 0.6) is 0 Å². The van der Waals surface area contributed by atoms with Gasteiger partial charge in [0.15, 0.2) is 0 Å². The molecule has 0 saturated carbocycles. The van der Waals surface area contributed by atoms with E-state index in [-0.39, 0.29) is 31.4 Å². The molecule has 0 heterocycles. The lowest BCUT2D eigenvalue weighted by molar-refractivity contribution is -0.123. The van der Waals surface area contributed by atoms with Gasteiger partial charge in [0.2, 0.25) is 5.91 Å². The minimum Gasteiger partial charge on any atom is -0.394 e. The quantitative estimate of drug-likeness (QED) is 0.698. The van der Waals surface area contributed by atoms with Crippen molar-refractivity contribution in [2.75, 3.05) is 13.2 Å². The van der Waals surface area contributed by atoms with Crippen LogP contribution in [0.3, 0.4) is 0 Å². The van der Waals surface area contributed by atoms with E-state index in [0.29, 0.717) is 12.0 Å². The van der Waals surface area contributed by atoms with E-state index >= 15 is 0 Å². The van der Waals surface area contributed by atoms with E-state index in [1.54, 1.807) is 31.2 Å². The lowest BCUT2D eigenvalue weighted by atomic mass is 10.0. The Hall–Kier alpha value is -1.88. The van der Waals surface area contributed by atoms with Gasteiger partial charge >= 0.3 is 0 Å². The molecule has 0 radical (unpaired) electrons. The predicted octanol–water partition coefficient (Wildman–Crippen LogP) is 1.08. The van der Waals surface area contributed by atoms with Gasteiger partial charge in [0.05, 0.1) is 12.1 Å². The molecular formula is C15H22N2O3. The number of hydrogen-bond acceptors (Lipinski definition) is 3. The second kappa shape index (κ2) is 7.65. The maximum Gasteiger partial charge on any atom is 0.251 e. The fraction of sp³-hybridized carbons (Fsp3) is 0.467. The van der Waals surface area contributed by atoms with Gasteiger partial charge in [-0.15, -0.1) is 0 Å². The van der Waals surface area contributed by atoms with E-state index in [1.807, 2.05) is 13.0 Å². The Kier molecular flexibility index (Phi) is 6.18. The van der Waals surface area contributed by atoms with Crippen LogP contribution >= 0.6 is 0 Å². The first kappa shape index (κ1) is 16.2. The Balaban J connectivity index is 2.34. The number of rotatable bonds is 7.